The maximum atomic E-state index is 11.6. The Balaban J connectivity index is 2.08. The van der Waals surface area contributed by atoms with Crippen molar-refractivity contribution in [1.82, 2.24) is 9.80 Å². The third-order valence-corrected chi connectivity index (χ3v) is 4.59. The molecule has 5 heteroatoms. The number of hydrogen-bond acceptors (Lipinski definition) is 5. The molecule has 2 rings (SSSR count). The first-order valence-corrected chi connectivity index (χ1v) is 9.13. The van der Waals surface area contributed by atoms with Gasteiger partial charge in [-0.15, -0.1) is 0 Å². The first-order chi connectivity index (χ1) is 12.9. The monoisotopic (exact) mass is 370 g/mol. The lowest BCUT2D eigenvalue weighted by Gasteiger charge is -2.19. The largest absolute Gasteiger partial charge is 0.496 e. The fourth-order valence-corrected chi connectivity index (χ4v) is 2.84. The number of nitrogens with zero attached hydrogens (tertiary/aromatic N) is 2. The fourth-order valence-electron chi connectivity index (χ4n) is 2.84. The van der Waals surface area contributed by atoms with Crippen molar-refractivity contribution in [1.29, 1.82) is 0 Å². The van der Waals surface area contributed by atoms with E-state index in [1.807, 2.05) is 12.1 Å². The number of carbonyl (C=O) groups is 1. The molecule has 146 valence electrons. The second-order valence-corrected chi connectivity index (χ2v) is 6.96. The molecule has 0 heterocycles. The van der Waals surface area contributed by atoms with Gasteiger partial charge in [0.25, 0.3) is 0 Å². The smallest absolute Gasteiger partial charge is 0.337 e. The molecule has 5 nitrogen and oxygen atoms in total. The highest BCUT2D eigenvalue weighted by Gasteiger charge is 2.10. The summed E-state index contributed by atoms with van der Waals surface area (Å²) < 4.78 is 10.4. The fraction of sp³-hybridized carbons (Fsp3) is 0.409. The Morgan fingerprint density at radius 3 is 2.22 bits per heavy atom. The van der Waals surface area contributed by atoms with Crippen molar-refractivity contribution in [2.75, 3.05) is 55.0 Å². The second-order valence-electron chi connectivity index (χ2n) is 6.96. The predicted octanol–water partition coefficient (Wildman–Crippen LogP) is 3.18. The minimum Gasteiger partial charge on any atom is -0.496 e. The van der Waals surface area contributed by atoms with E-state index in [9.17, 15) is 4.79 Å². The summed E-state index contributed by atoms with van der Waals surface area (Å²) in [5, 5.41) is 0. The van der Waals surface area contributed by atoms with Crippen molar-refractivity contribution in [3.05, 3.63) is 53.6 Å². The van der Waals surface area contributed by atoms with Crippen molar-refractivity contribution in [3.8, 4) is 16.9 Å². The zero-order valence-electron chi connectivity index (χ0n) is 17.0. The molecule has 0 radical (unpaired) electrons. The van der Waals surface area contributed by atoms with Gasteiger partial charge < -0.3 is 19.3 Å². The quantitative estimate of drug-likeness (QED) is 0.634. The molecule has 0 fully saturated rings. The Kier molecular flexibility index (Phi) is 7.82. The van der Waals surface area contributed by atoms with E-state index in [1.165, 1.54) is 12.7 Å². The van der Waals surface area contributed by atoms with Crippen molar-refractivity contribution in [3.63, 3.8) is 0 Å². The molecule has 0 saturated heterocycles. The Labute approximate surface area is 162 Å². The van der Waals surface area contributed by atoms with Gasteiger partial charge in [-0.1, -0.05) is 24.3 Å². The van der Waals surface area contributed by atoms with Gasteiger partial charge in [0.2, 0.25) is 0 Å². The van der Waals surface area contributed by atoms with Gasteiger partial charge in [-0.05, 0) is 56.9 Å². The van der Waals surface area contributed by atoms with Gasteiger partial charge in [-0.3, -0.25) is 0 Å². The van der Waals surface area contributed by atoms with Gasteiger partial charge in [0.1, 0.15) is 5.75 Å². The molecule has 0 aliphatic carbocycles. The van der Waals surface area contributed by atoms with Crippen LogP contribution >= 0.6 is 0 Å². The molecular weight excluding hydrogens is 340 g/mol. The van der Waals surface area contributed by atoms with Gasteiger partial charge in [-0.2, -0.15) is 0 Å². The summed E-state index contributed by atoms with van der Waals surface area (Å²) in [5.41, 5.74) is 3.81. The van der Waals surface area contributed by atoms with Gasteiger partial charge in [0.15, 0.2) is 0 Å². The number of hydrogen-bond donors (Lipinski definition) is 0. The Bertz CT molecular complexity index is 742. The summed E-state index contributed by atoms with van der Waals surface area (Å²) >= 11 is 0. The van der Waals surface area contributed by atoms with Crippen LogP contribution in [-0.2, 0) is 11.2 Å². The first kappa shape index (κ1) is 20.9. The maximum absolute atomic E-state index is 11.6. The summed E-state index contributed by atoms with van der Waals surface area (Å²) in [4.78, 5) is 16.1. The lowest BCUT2D eigenvalue weighted by atomic mass is 10.00. The predicted molar refractivity (Wildman–Crippen MR) is 110 cm³/mol. The molecule has 0 aliphatic rings. The highest BCUT2D eigenvalue weighted by molar-refractivity contribution is 5.90. The first-order valence-electron chi connectivity index (χ1n) is 9.13. The molecule has 0 aromatic heterocycles. The molecule has 0 unspecified atom stereocenters. The molecule has 27 heavy (non-hydrogen) atoms. The van der Waals surface area contributed by atoms with Crippen LogP contribution in [0.3, 0.4) is 0 Å². The third kappa shape index (κ3) is 6.08. The number of likely N-dealkylation sites (N-methyl/N-ethyl adjacent to an activating group) is 2. The van der Waals surface area contributed by atoms with E-state index in [0.29, 0.717) is 5.56 Å². The number of ether oxygens (including phenoxy) is 2. The molecule has 0 spiro atoms. The summed E-state index contributed by atoms with van der Waals surface area (Å²) in [5.74, 6) is 0.511. The lowest BCUT2D eigenvalue weighted by Crippen LogP contribution is -2.30. The van der Waals surface area contributed by atoms with Gasteiger partial charge in [-0.25, -0.2) is 4.79 Å². The second kappa shape index (κ2) is 10.1. The van der Waals surface area contributed by atoms with Crippen molar-refractivity contribution in [2.45, 2.75) is 6.42 Å². The lowest BCUT2D eigenvalue weighted by molar-refractivity contribution is 0.0601. The average Bonchev–Trinajstić information content (AvgIpc) is 2.69. The van der Waals surface area contributed by atoms with Crippen LogP contribution in [0.1, 0.15) is 15.9 Å². The molecular formula is C22H30N2O3. The summed E-state index contributed by atoms with van der Waals surface area (Å²) in [6.45, 7) is 3.11. The standard InChI is InChI=1S/C22H30N2O3/c1-23(2)14-15-24(3)13-12-17-6-11-20(21(16-17)26-4)18-7-9-19(10-8-18)22(25)27-5/h6-11,16H,12-15H2,1-5H3. The number of methoxy groups -OCH3 is 2. The summed E-state index contributed by atoms with van der Waals surface area (Å²) in [7, 11) is 9.41. The van der Waals surface area contributed by atoms with Crippen molar-refractivity contribution in [2.24, 2.45) is 0 Å². The van der Waals surface area contributed by atoms with E-state index < -0.39 is 0 Å². The Morgan fingerprint density at radius 2 is 1.63 bits per heavy atom. The van der Waals surface area contributed by atoms with Gasteiger partial charge in [0, 0.05) is 25.2 Å². The van der Waals surface area contributed by atoms with E-state index in [2.05, 4.69) is 49.1 Å². The Morgan fingerprint density at radius 1 is 0.926 bits per heavy atom. The molecule has 0 amide bonds. The van der Waals surface area contributed by atoms with Crippen LogP contribution in [0, 0.1) is 0 Å². The molecule has 2 aromatic rings. The third-order valence-electron chi connectivity index (χ3n) is 4.59. The maximum Gasteiger partial charge on any atom is 0.337 e. The topological polar surface area (TPSA) is 42.0 Å². The van der Waals surface area contributed by atoms with Gasteiger partial charge >= 0.3 is 5.97 Å². The molecule has 2 aromatic carbocycles. The van der Waals surface area contributed by atoms with Crippen LogP contribution in [0.25, 0.3) is 11.1 Å². The van der Waals surface area contributed by atoms with E-state index in [0.717, 1.165) is 42.9 Å². The van der Waals surface area contributed by atoms with E-state index in [4.69, 9.17) is 9.47 Å². The van der Waals surface area contributed by atoms with Crippen molar-refractivity contribution >= 4 is 5.97 Å². The normalized spacial score (nSPS) is 11.1. The van der Waals surface area contributed by atoms with Crippen LogP contribution in [-0.4, -0.2) is 70.8 Å². The van der Waals surface area contributed by atoms with Crippen LogP contribution in [0.5, 0.6) is 5.75 Å². The molecule has 0 N–H and O–H groups in total. The highest BCUT2D eigenvalue weighted by atomic mass is 16.5. The SMILES string of the molecule is COC(=O)c1ccc(-c2ccc(CCN(C)CCN(C)C)cc2OC)cc1. The molecule has 0 bridgehead atoms. The highest BCUT2D eigenvalue weighted by Crippen LogP contribution is 2.31. The summed E-state index contributed by atoms with van der Waals surface area (Å²) in [6, 6.07) is 13.7. The van der Waals surface area contributed by atoms with Crippen LogP contribution in [0.15, 0.2) is 42.5 Å². The number of esters is 1. The Hall–Kier alpha value is -2.37. The van der Waals surface area contributed by atoms with E-state index in [1.54, 1.807) is 19.2 Å². The van der Waals surface area contributed by atoms with E-state index in [-0.39, 0.29) is 5.97 Å². The van der Waals surface area contributed by atoms with E-state index >= 15 is 0 Å². The molecule has 0 atom stereocenters. The number of benzene rings is 2. The van der Waals surface area contributed by atoms with Crippen LogP contribution < -0.4 is 4.74 Å². The zero-order valence-corrected chi connectivity index (χ0v) is 17.0. The number of rotatable bonds is 9. The zero-order chi connectivity index (χ0) is 19.8. The number of carbonyl (C=O) groups excluding carboxylic acids is 1. The average molecular weight is 370 g/mol. The van der Waals surface area contributed by atoms with Crippen LogP contribution in [0.2, 0.25) is 0 Å². The summed E-state index contributed by atoms with van der Waals surface area (Å²) in [6.07, 6.45) is 0.974. The molecule has 0 saturated carbocycles. The van der Waals surface area contributed by atoms with Crippen molar-refractivity contribution < 1.29 is 14.3 Å². The van der Waals surface area contributed by atoms with Crippen LogP contribution in [0.4, 0.5) is 0 Å². The molecule has 0 aliphatic heterocycles. The minimum atomic E-state index is -0.331. The van der Waals surface area contributed by atoms with Gasteiger partial charge in [0.05, 0.1) is 19.8 Å². The minimum absolute atomic E-state index is 0.331.